The zero-order valence-corrected chi connectivity index (χ0v) is 16.4. The fraction of sp³-hybridized carbons (Fsp3) is 0.353. The molecule has 1 aliphatic heterocycles. The molecule has 0 saturated carbocycles. The van der Waals surface area contributed by atoms with E-state index in [-0.39, 0.29) is 6.10 Å². The maximum Gasteiger partial charge on any atom is 0.404 e. The van der Waals surface area contributed by atoms with Gasteiger partial charge in [0.25, 0.3) is 5.91 Å². The minimum Gasteiger partial charge on any atom is -0.496 e. The molecular formula is C17H19IN4O4. The maximum atomic E-state index is 11.7. The van der Waals surface area contributed by atoms with Crippen LogP contribution in [0, 0.1) is 3.57 Å². The number of ether oxygens (including phenoxy) is 2. The normalized spacial score (nSPS) is 17.2. The number of hydrogen-bond acceptors (Lipinski definition) is 6. The summed E-state index contributed by atoms with van der Waals surface area (Å²) in [4.78, 5) is 29.4. The highest BCUT2D eigenvalue weighted by Gasteiger charge is 2.25. The number of benzene rings is 1. The Morgan fingerprint density at radius 1 is 1.31 bits per heavy atom. The Balaban J connectivity index is 2.07. The van der Waals surface area contributed by atoms with Gasteiger partial charge in [0.05, 0.1) is 19.2 Å². The Morgan fingerprint density at radius 2 is 2.08 bits per heavy atom. The lowest BCUT2D eigenvalue weighted by Crippen LogP contribution is -2.41. The second-order valence-corrected chi connectivity index (χ2v) is 7.20. The number of rotatable bonds is 4. The maximum absolute atomic E-state index is 11.7. The summed E-state index contributed by atoms with van der Waals surface area (Å²) in [6.07, 6.45) is 2.31. The molecule has 2 heterocycles. The van der Waals surface area contributed by atoms with Gasteiger partial charge in [0.15, 0.2) is 0 Å². The standard InChI is InChI=1S/C17H19IN4O4/c1-25-14-6-11-10(5-12(14)15(19)23)13(18)7-21-16(11)22-4-2-3-9(8-22)26-17(20)24/h5-7,9H,2-4,8H2,1H3,(H2,19,23)(H2,20,24). The number of piperidine rings is 1. The second kappa shape index (κ2) is 7.52. The van der Waals surface area contributed by atoms with Gasteiger partial charge in [-0.3, -0.25) is 4.79 Å². The highest BCUT2D eigenvalue weighted by molar-refractivity contribution is 14.1. The predicted molar refractivity (Wildman–Crippen MR) is 105 cm³/mol. The number of aromatic nitrogens is 1. The molecule has 1 atom stereocenters. The first kappa shape index (κ1) is 18.5. The molecule has 9 heteroatoms. The van der Waals surface area contributed by atoms with E-state index in [0.717, 1.165) is 39.5 Å². The highest BCUT2D eigenvalue weighted by Crippen LogP contribution is 2.35. The number of amides is 2. The van der Waals surface area contributed by atoms with Gasteiger partial charge in [-0.1, -0.05) is 0 Å². The van der Waals surface area contributed by atoms with Crippen molar-refractivity contribution in [3.8, 4) is 5.75 Å². The number of carbonyl (C=O) groups is 2. The largest absolute Gasteiger partial charge is 0.496 e. The molecular weight excluding hydrogens is 451 g/mol. The monoisotopic (exact) mass is 470 g/mol. The number of nitrogens with two attached hydrogens (primary N) is 2. The van der Waals surface area contributed by atoms with E-state index >= 15 is 0 Å². The molecule has 1 fully saturated rings. The summed E-state index contributed by atoms with van der Waals surface area (Å²) < 4.78 is 11.4. The SMILES string of the molecule is COc1cc2c(N3CCCC(OC(N)=O)C3)ncc(I)c2cc1C(N)=O. The van der Waals surface area contributed by atoms with E-state index in [2.05, 4.69) is 32.5 Å². The number of pyridine rings is 1. The van der Waals surface area contributed by atoms with E-state index < -0.39 is 12.0 Å². The average molecular weight is 470 g/mol. The average Bonchev–Trinajstić information content (AvgIpc) is 2.60. The van der Waals surface area contributed by atoms with E-state index in [4.69, 9.17) is 20.9 Å². The third-order valence-electron chi connectivity index (χ3n) is 4.36. The molecule has 1 aliphatic rings. The van der Waals surface area contributed by atoms with Crippen LogP contribution in [0.5, 0.6) is 5.75 Å². The van der Waals surface area contributed by atoms with Crippen LogP contribution in [0.15, 0.2) is 18.3 Å². The smallest absolute Gasteiger partial charge is 0.404 e. The molecule has 1 aromatic carbocycles. The Labute approximate surface area is 163 Å². The lowest BCUT2D eigenvalue weighted by Gasteiger charge is -2.33. The van der Waals surface area contributed by atoms with Crippen molar-refractivity contribution in [2.75, 3.05) is 25.1 Å². The van der Waals surface area contributed by atoms with Gasteiger partial charge in [-0.15, -0.1) is 0 Å². The lowest BCUT2D eigenvalue weighted by atomic mass is 10.0. The minimum absolute atomic E-state index is 0.274. The molecule has 1 saturated heterocycles. The van der Waals surface area contributed by atoms with Crippen molar-refractivity contribution in [1.29, 1.82) is 0 Å². The van der Waals surface area contributed by atoms with Crippen molar-refractivity contribution >= 4 is 51.2 Å². The van der Waals surface area contributed by atoms with E-state index in [1.54, 1.807) is 18.3 Å². The van der Waals surface area contributed by atoms with E-state index in [1.165, 1.54) is 7.11 Å². The molecule has 0 radical (unpaired) electrons. The minimum atomic E-state index is -0.773. The summed E-state index contributed by atoms with van der Waals surface area (Å²) in [5.74, 6) is 0.593. The Bertz CT molecular complexity index is 873. The fourth-order valence-electron chi connectivity index (χ4n) is 3.22. The van der Waals surface area contributed by atoms with Gasteiger partial charge in [-0.05, 0) is 47.6 Å². The number of hydrogen-bond donors (Lipinski definition) is 2. The first-order chi connectivity index (χ1) is 12.4. The number of nitrogens with zero attached hydrogens (tertiary/aromatic N) is 2. The highest BCUT2D eigenvalue weighted by atomic mass is 127. The molecule has 0 spiro atoms. The topological polar surface area (TPSA) is 121 Å². The number of fused-ring (bicyclic) bond motifs is 1. The van der Waals surface area contributed by atoms with Gasteiger partial charge in [0, 0.05) is 27.1 Å². The van der Waals surface area contributed by atoms with E-state index in [0.29, 0.717) is 17.9 Å². The third-order valence-corrected chi connectivity index (χ3v) is 5.22. The summed E-state index contributed by atoms with van der Waals surface area (Å²) in [6.45, 7) is 1.28. The van der Waals surface area contributed by atoms with Gasteiger partial charge < -0.3 is 25.8 Å². The number of methoxy groups -OCH3 is 1. The molecule has 0 bridgehead atoms. The van der Waals surface area contributed by atoms with E-state index in [9.17, 15) is 9.59 Å². The summed E-state index contributed by atoms with van der Waals surface area (Å²) in [7, 11) is 1.49. The van der Waals surface area contributed by atoms with Crippen LogP contribution in [-0.4, -0.2) is 43.3 Å². The zero-order chi connectivity index (χ0) is 18.8. The molecule has 3 rings (SSSR count). The predicted octanol–water partition coefficient (Wildman–Crippen LogP) is 2.01. The first-order valence-corrected chi connectivity index (χ1v) is 9.15. The van der Waals surface area contributed by atoms with Crippen LogP contribution < -0.4 is 21.1 Å². The van der Waals surface area contributed by atoms with Gasteiger partial charge in [0.1, 0.15) is 17.7 Å². The van der Waals surface area contributed by atoms with Crippen LogP contribution in [-0.2, 0) is 4.74 Å². The number of carbonyl (C=O) groups excluding carboxylic acids is 2. The Kier molecular flexibility index (Phi) is 5.35. The van der Waals surface area contributed by atoms with E-state index in [1.807, 2.05) is 0 Å². The van der Waals surface area contributed by atoms with Crippen molar-refractivity contribution in [2.24, 2.45) is 11.5 Å². The third kappa shape index (κ3) is 3.62. The Hall–Kier alpha value is -2.30. The quantitative estimate of drug-likeness (QED) is 0.660. The van der Waals surface area contributed by atoms with Crippen molar-refractivity contribution in [2.45, 2.75) is 18.9 Å². The Morgan fingerprint density at radius 3 is 2.73 bits per heavy atom. The van der Waals surface area contributed by atoms with Crippen molar-refractivity contribution in [3.63, 3.8) is 0 Å². The molecule has 1 aromatic heterocycles. The van der Waals surface area contributed by atoms with Crippen molar-refractivity contribution in [3.05, 3.63) is 27.5 Å². The zero-order valence-electron chi connectivity index (χ0n) is 14.2. The lowest BCUT2D eigenvalue weighted by molar-refractivity contribution is 0.0963. The molecule has 0 aliphatic carbocycles. The summed E-state index contributed by atoms with van der Waals surface area (Å²) in [5.41, 5.74) is 10.9. The van der Waals surface area contributed by atoms with Crippen molar-refractivity contribution < 1.29 is 19.1 Å². The molecule has 26 heavy (non-hydrogen) atoms. The molecule has 2 amide bonds. The van der Waals surface area contributed by atoms with Gasteiger partial charge in [-0.25, -0.2) is 9.78 Å². The van der Waals surface area contributed by atoms with Crippen LogP contribution in [0.3, 0.4) is 0 Å². The van der Waals surface area contributed by atoms with Crippen LogP contribution in [0.1, 0.15) is 23.2 Å². The summed E-state index contributed by atoms with van der Waals surface area (Å²) >= 11 is 2.17. The molecule has 2 aromatic rings. The number of primary amides is 2. The summed E-state index contributed by atoms with van der Waals surface area (Å²) in [5, 5.41) is 1.71. The van der Waals surface area contributed by atoms with Gasteiger partial charge in [-0.2, -0.15) is 0 Å². The summed E-state index contributed by atoms with van der Waals surface area (Å²) in [6, 6.07) is 3.50. The number of anilines is 1. The van der Waals surface area contributed by atoms with Crippen LogP contribution in [0.2, 0.25) is 0 Å². The molecule has 4 N–H and O–H groups in total. The molecule has 1 unspecified atom stereocenters. The van der Waals surface area contributed by atoms with Gasteiger partial charge >= 0.3 is 6.09 Å². The fourth-order valence-corrected chi connectivity index (χ4v) is 3.81. The van der Waals surface area contributed by atoms with Crippen LogP contribution in [0.4, 0.5) is 10.6 Å². The second-order valence-electron chi connectivity index (χ2n) is 6.04. The molecule has 8 nitrogen and oxygen atoms in total. The van der Waals surface area contributed by atoms with Crippen LogP contribution >= 0.6 is 22.6 Å². The van der Waals surface area contributed by atoms with Crippen molar-refractivity contribution in [1.82, 2.24) is 4.98 Å². The number of halogens is 1. The molecule has 138 valence electrons. The first-order valence-electron chi connectivity index (χ1n) is 8.07. The van der Waals surface area contributed by atoms with Crippen LogP contribution in [0.25, 0.3) is 10.8 Å². The van der Waals surface area contributed by atoms with Gasteiger partial charge in [0.2, 0.25) is 0 Å².